The smallest absolute Gasteiger partial charge is 0.205 e. The lowest BCUT2D eigenvalue weighted by molar-refractivity contribution is 0.308. The average molecular weight is 361 g/mol. The molecule has 2 nitrogen and oxygen atoms in total. The number of hydrogen-bond acceptors (Lipinski definition) is 2. The Morgan fingerprint density at radius 1 is 0.889 bits per heavy atom. The van der Waals surface area contributed by atoms with Crippen LogP contribution in [-0.4, -0.2) is 9.97 Å². The van der Waals surface area contributed by atoms with Crippen LogP contribution in [0.15, 0.2) is 36.7 Å². The Hall–Kier alpha value is -2.14. The molecule has 2 aromatic rings. The molecule has 0 N–H and O–H groups in total. The lowest BCUT2D eigenvalue weighted by atomic mass is 9.77. The zero-order valence-corrected chi connectivity index (χ0v) is 16.9. The highest BCUT2D eigenvalue weighted by molar-refractivity contribution is 5.40. The molecule has 27 heavy (non-hydrogen) atoms. The standard InChI is InChI=1S/C25H32N2/c1-3-5-7-22-18-26-25(27-19-22)17-12-21-10-15-24(16-11-21)23-13-8-20(6-4-2)9-14-23/h10-11,15-16,18-20,23H,3-9,13-14H2,1-2H3/t20-,23-. The highest BCUT2D eigenvalue weighted by Gasteiger charge is 2.21. The number of aromatic nitrogens is 2. The molecule has 1 fully saturated rings. The van der Waals surface area contributed by atoms with Gasteiger partial charge in [-0.1, -0.05) is 51.2 Å². The Balaban J connectivity index is 1.56. The molecular formula is C25H32N2. The van der Waals surface area contributed by atoms with Crippen molar-refractivity contribution in [1.82, 2.24) is 9.97 Å². The van der Waals surface area contributed by atoms with Gasteiger partial charge < -0.3 is 0 Å². The molecule has 0 radical (unpaired) electrons. The first-order valence-corrected chi connectivity index (χ1v) is 10.7. The third-order valence-electron chi connectivity index (χ3n) is 5.77. The Bertz CT molecular complexity index is 742. The Kier molecular flexibility index (Phi) is 7.45. The van der Waals surface area contributed by atoms with Gasteiger partial charge in [-0.2, -0.15) is 0 Å². The van der Waals surface area contributed by atoms with E-state index in [0.717, 1.165) is 23.8 Å². The van der Waals surface area contributed by atoms with E-state index >= 15 is 0 Å². The van der Waals surface area contributed by atoms with Gasteiger partial charge in [-0.3, -0.25) is 0 Å². The van der Waals surface area contributed by atoms with Crippen molar-refractivity contribution in [2.45, 2.75) is 77.6 Å². The predicted molar refractivity (Wildman–Crippen MR) is 113 cm³/mol. The van der Waals surface area contributed by atoms with Gasteiger partial charge in [0.1, 0.15) is 0 Å². The molecule has 0 unspecified atom stereocenters. The van der Waals surface area contributed by atoms with Crippen LogP contribution < -0.4 is 0 Å². The monoisotopic (exact) mass is 360 g/mol. The highest BCUT2D eigenvalue weighted by Crippen LogP contribution is 2.37. The fourth-order valence-electron chi connectivity index (χ4n) is 4.09. The summed E-state index contributed by atoms with van der Waals surface area (Å²) in [6, 6.07) is 8.83. The van der Waals surface area contributed by atoms with E-state index in [1.54, 1.807) is 0 Å². The van der Waals surface area contributed by atoms with E-state index in [1.807, 2.05) is 12.4 Å². The third kappa shape index (κ3) is 5.93. The van der Waals surface area contributed by atoms with Crippen LogP contribution >= 0.6 is 0 Å². The first kappa shape index (κ1) is 19.6. The van der Waals surface area contributed by atoms with Gasteiger partial charge in [0.2, 0.25) is 5.82 Å². The highest BCUT2D eigenvalue weighted by atomic mass is 14.8. The molecule has 0 spiro atoms. The van der Waals surface area contributed by atoms with Crippen molar-refractivity contribution in [2.24, 2.45) is 5.92 Å². The molecule has 3 rings (SSSR count). The molecule has 1 aliphatic carbocycles. The van der Waals surface area contributed by atoms with Crippen molar-refractivity contribution in [3.63, 3.8) is 0 Å². The largest absolute Gasteiger partial charge is 0.229 e. The van der Waals surface area contributed by atoms with Crippen LogP contribution in [0.5, 0.6) is 0 Å². The molecule has 1 aliphatic rings. The molecule has 0 amide bonds. The van der Waals surface area contributed by atoms with Gasteiger partial charge in [0.15, 0.2) is 0 Å². The molecule has 1 aromatic carbocycles. The Labute approximate surface area is 164 Å². The van der Waals surface area contributed by atoms with Crippen molar-refractivity contribution in [1.29, 1.82) is 0 Å². The fourth-order valence-corrected chi connectivity index (χ4v) is 4.09. The van der Waals surface area contributed by atoms with E-state index in [9.17, 15) is 0 Å². The average Bonchev–Trinajstić information content (AvgIpc) is 2.73. The first-order chi connectivity index (χ1) is 13.3. The molecular weight excluding hydrogens is 328 g/mol. The summed E-state index contributed by atoms with van der Waals surface area (Å²) in [7, 11) is 0. The molecule has 1 aromatic heterocycles. The van der Waals surface area contributed by atoms with Crippen LogP contribution in [0.25, 0.3) is 0 Å². The van der Waals surface area contributed by atoms with Crippen LogP contribution in [0.2, 0.25) is 0 Å². The molecule has 0 saturated heterocycles. The van der Waals surface area contributed by atoms with Crippen LogP contribution in [-0.2, 0) is 6.42 Å². The van der Waals surface area contributed by atoms with E-state index in [4.69, 9.17) is 0 Å². The minimum absolute atomic E-state index is 0.605. The van der Waals surface area contributed by atoms with Gasteiger partial charge in [0.05, 0.1) is 0 Å². The second-order valence-corrected chi connectivity index (χ2v) is 7.90. The van der Waals surface area contributed by atoms with E-state index in [2.05, 4.69) is 59.9 Å². The van der Waals surface area contributed by atoms with Crippen molar-refractivity contribution in [3.8, 4) is 11.8 Å². The molecule has 0 aliphatic heterocycles. The zero-order chi connectivity index (χ0) is 18.9. The van der Waals surface area contributed by atoms with Crippen LogP contribution in [0, 0.1) is 17.8 Å². The van der Waals surface area contributed by atoms with E-state index < -0.39 is 0 Å². The number of hydrogen-bond donors (Lipinski definition) is 0. The summed E-state index contributed by atoms with van der Waals surface area (Å²) in [5, 5.41) is 0. The van der Waals surface area contributed by atoms with Crippen molar-refractivity contribution >= 4 is 0 Å². The predicted octanol–water partition coefficient (Wildman–Crippen LogP) is 6.29. The van der Waals surface area contributed by atoms with Gasteiger partial charge in [0, 0.05) is 18.0 Å². The van der Waals surface area contributed by atoms with Crippen LogP contribution in [0.3, 0.4) is 0 Å². The molecule has 0 atom stereocenters. The number of nitrogens with zero attached hydrogens (tertiary/aromatic N) is 2. The summed E-state index contributed by atoms with van der Waals surface area (Å²) in [5.41, 5.74) is 3.71. The number of unbranched alkanes of at least 4 members (excludes halogenated alkanes) is 1. The molecule has 2 heteroatoms. The van der Waals surface area contributed by atoms with Crippen LogP contribution in [0.4, 0.5) is 0 Å². The maximum atomic E-state index is 4.38. The number of aryl methyl sites for hydroxylation is 1. The summed E-state index contributed by atoms with van der Waals surface area (Å²) in [4.78, 5) is 8.75. The lowest BCUT2D eigenvalue weighted by Crippen LogP contribution is -2.13. The number of benzene rings is 1. The summed E-state index contributed by atoms with van der Waals surface area (Å²) in [6.45, 7) is 4.50. The number of rotatable bonds is 6. The van der Waals surface area contributed by atoms with Crippen molar-refractivity contribution in [2.75, 3.05) is 0 Å². The van der Waals surface area contributed by atoms with Gasteiger partial charge in [-0.25, -0.2) is 9.97 Å². The molecule has 1 saturated carbocycles. The molecule has 0 bridgehead atoms. The second kappa shape index (κ2) is 10.3. The quantitative estimate of drug-likeness (QED) is 0.565. The van der Waals surface area contributed by atoms with E-state index in [-0.39, 0.29) is 0 Å². The SMILES string of the molecule is CCCCc1cnc(C#Cc2ccc([C@H]3CC[C@H](CCC)CC3)cc2)nc1. The minimum Gasteiger partial charge on any atom is -0.229 e. The first-order valence-electron chi connectivity index (χ1n) is 10.7. The molecule has 1 heterocycles. The summed E-state index contributed by atoms with van der Waals surface area (Å²) in [6.07, 6.45) is 15.4. The maximum absolute atomic E-state index is 4.38. The van der Waals surface area contributed by atoms with E-state index in [1.165, 1.54) is 62.5 Å². The minimum atomic E-state index is 0.605. The van der Waals surface area contributed by atoms with Gasteiger partial charge >= 0.3 is 0 Å². The maximum Gasteiger partial charge on any atom is 0.205 e. The van der Waals surface area contributed by atoms with Crippen molar-refractivity contribution in [3.05, 3.63) is 59.2 Å². The summed E-state index contributed by atoms with van der Waals surface area (Å²) >= 11 is 0. The van der Waals surface area contributed by atoms with Gasteiger partial charge in [0.25, 0.3) is 0 Å². The van der Waals surface area contributed by atoms with Crippen molar-refractivity contribution < 1.29 is 0 Å². The van der Waals surface area contributed by atoms with E-state index in [0.29, 0.717) is 5.82 Å². The van der Waals surface area contributed by atoms with Gasteiger partial charge in [-0.05, 0) is 79.5 Å². The lowest BCUT2D eigenvalue weighted by Gasteiger charge is -2.28. The van der Waals surface area contributed by atoms with Gasteiger partial charge in [-0.15, -0.1) is 0 Å². The normalized spacial score (nSPS) is 19.3. The third-order valence-corrected chi connectivity index (χ3v) is 5.77. The zero-order valence-electron chi connectivity index (χ0n) is 16.9. The Morgan fingerprint density at radius 2 is 1.59 bits per heavy atom. The van der Waals surface area contributed by atoms with Crippen LogP contribution in [0.1, 0.15) is 93.6 Å². The second-order valence-electron chi connectivity index (χ2n) is 7.90. The summed E-state index contributed by atoms with van der Waals surface area (Å²) < 4.78 is 0. The summed E-state index contributed by atoms with van der Waals surface area (Å²) in [5.74, 6) is 8.60. The topological polar surface area (TPSA) is 25.8 Å². The molecule has 142 valence electrons. The Morgan fingerprint density at radius 3 is 2.22 bits per heavy atom. The fraction of sp³-hybridized carbons (Fsp3) is 0.520.